The molecule has 0 fully saturated rings. The highest BCUT2D eigenvalue weighted by molar-refractivity contribution is 6.57. The maximum Gasteiger partial charge on any atom is 0.246 e. The zero-order valence-corrected chi connectivity index (χ0v) is 35.2. The molecule has 23 heteroatoms. The Kier molecular flexibility index (Phi) is 33.6. The molecule has 0 bridgehead atoms. The number of ketones is 1. The van der Waals surface area contributed by atoms with Crippen molar-refractivity contribution in [1.82, 2.24) is 42.5 Å². The summed E-state index contributed by atoms with van der Waals surface area (Å²) in [5, 5.41) is 21.4. The normalized spacial score (nSPS) is 12.2. The number of Topliss-reactive ketones (excluding diaryl/α,β-unsaturated/α-hetero) is 1. The molecule has 8 N–H and O–H groups in total. The fourth-order valence-corrected chi connectivity index (χ4v) is 5.25. The molecule has 0 saturated carbocycles. The van der Waals surface area contributed by atoms with Crippen LogP contribution in [0.3, 0.4) is 0 Å². The van der Waals surface area contributed by atoms with Crippen molar-refractivity contribution in [1.29, 1.82) is 0 Å². The van der Waals surface area contributed by atoms with Crippen LogP contribution in [0.15, 0.2) is 0 Å². The summed E-state index contributed by atoms with van der Waals surface area (Å²) >= 11 is 0. The molecule has 334 valence electrons. The van der Waals surface area contributed by atoms with Crippen molar-refractivity contribution in [2.75, 3.05) is 85.6 Å². The van der Waals surface area contributed by atoms with E-state index >= 15 is 0 Å². The molecular formula is C36H66B2N8O13. The molecule has 3 unspecified atom stereocenters. The van der Waals surface area contributed by atoms with E-state index in [-0.39, 0.29) is 108 Å². The monoisotopic (exact) mass is 840 g/mol. The van der Waals surface area contributed by atoms with Crippen LogP contribution in [0.2, 0.25) is 0 Å². The average molecular weight is 841 g/mol. The summed E-state index contributed by atoms with van der Waals surface area (Å²) in [4.78, 5) is 107. The van der Waals surface area contributed by atoms with Gasteiger partial charge >= 0.3 is 0 Å². The molecule has 0 aromatic rings. The van der Waals surface area contributed by atoms with Gasteiger partial charge in [-0.15, -0.1) is 0 Å². The standard InChI is InChI=1S/C36H66B2N8O13/c1-26(48)23-58-21-19-56-17-15-40-31(50)24-59-22-20-57-18-16-42-32(51)28(45-34(53)30(44-27(2)49)11-5-8-14-43-35(37)54)9-4-7-13-41-33(52)29(46-36(38)55)10-3-6-12-39-25-47/h25,28-30H,3-24,37-38H2,1-2H3,(H,39,47)(H,40,50)(H,41,52)(H,42,51)(H,43,54)(H,44,49)(H,45,53)(H,46,55). The number of unbranched alkanes of at least 4 members (excludes halogenated alkanes) is 3. The molecule has 0 aliphatic heterocycles. The summed E-state index contributed by atoms with van der Waals surface area (Å²) in [6, 6.07) is -2.64. The second kappa shape index (κ2) is 36.5. The predicted octanol–water partition coefficient (Wildman–Crippen LogP) is -3.71. The summed E-state index contributed by atoms with van der Waals surface area (Å²) in [7, 11) is 2.72. The van der Waals surface area contributed by atoms with Gasteiger partial charge in [0.2, 0.25) is 51.6 Å². The highest BCUT2D eigenvalue weighted by Crippen LogP contribution is 2.07. The number of carbonyl (C=O) groups is 9. The summed E-state index contributed by atoms with van der Waals surface area (Å²) in [6.07, 6.45) is 4.68. The molecule has 0 radical (unpaired) electrons. The van der Waals surface area contributed by atoms with Crippen molar-refractivity contribution in [2.45, 2.75) is 89.8 Å². The predicted molar refractivity (Wildman–Crippen MR) is 221 cm³/mol. The lowest BCUT2D eigenvalue weighted by atomic mass is 10.0. The minimum absolute atomic E-state index is 0.0339. The van der Waals surface area contributed by atoms with Crippen molar-refractivity contribution >= 4 is 69.0 Å². The minimum atomic E-state index is -0.978. The van der Waals surface area contributed by atoms with E-state index < -0.39 is 35.8 Å². The van der Waals surface area contributed by atoms with Crippen LogP contribution in [0.1, 0.15) is 71.6 Å². The summed E-state index contributed by atoms with van der Waals surface area (Å²) in [5.74, 6) is -2.73. The highest BCUT2D eigenvalue weighted by Gasteiger charge is 2.26. The zero-order valence-electron chi connectivity index (χ0n) is 35.2. The van der Waals surface area contributed by atoms with Crippen LogP contribution in [0.25, 0.3) is 0 Å². The molecule has 59 heavy (non-hydrogen) atoms. The molecule has 0 aromatic heterocycles. The Labute approximate surface area is 348 Å². The zero-order chi connectivity index (χ0) is 44.1. The van der Waals surface area contributed by atoms with Gasteiger partial charge in [0.05, 0.1) is 39.6 Å². The number of ether oxygens (including phenoxy) is 4. The SMILES string of the molecule is BC(=O)NCCCCC(NC(C)=O)C(=O)NC(CCCCNC(=O)C(CCCCNC=O)NC(B)=O)C(=O)NCCOCCOCC(=O)NCCOCCOCC(C)=O. The van der Waals surface area contributed by atoms with Crippen molar-refractivity contribution < 1.29 is 62.1 Å². The first kappa shape index (κ1) is 54.4. The maximum absolute atomic E-state index is 13.3. The van der Waals surface area contributed by atoms with Gasteiger partial charge in [0.15, 0.2) is 17.4 Å². The fourth-order valence-electron chi connectivity index (χ4n) is 5.25. The van der Waals surface area contributed by atoms with Crippen LogP contribution in [0.5, 0.6) is 0 Å². The Balaban J connectivity index is 4.95. The molecule has 8 amide bonds. The number of hydrogen-bond acceptors (Lipinski definition) is 13. The smallest absolute Gasteiger partial charge is 0.246 e. The Hall–Kier alpha value is -4.60. The second-order valence-corrected chi connectivity index (χ2v) is 13.6. The van der Waals surface area contributed by atoms with Gasteiger partial charge in [-0.1, -0.05) is 0 Å². The molecular weight excluding hydrogens is 774 g/mol. The molecule has 0 aromatic carbocycles. The third kappa shape index (κ3) is 34.0. The Morgan fingerprint density at radius 1 is 0.492 bits per heavy atom. The Bertz CT molecular complexity index is 1290. The lowest BCUT2D eigenvalue weighted by Crippen LogP contribution is -2.53. The van der Waals surface area contributed by atoms with E-state index in [0.29, 0.717) is 71.1 Å². The summed E-state index contributed by atoms with van der Waals surface area (Å²) in [5.41, 5.74) is 0. The first-order chi connectivity index (χ1) is 28.3. The molecule has 0 spiro atoms. The van der Waals surface area contributed by atoms with Gasteiger partial charge in [-0.05, 0) is 64.7 Å². The molecule has 0 rings (SSSR count). The summed E-state index contributed by atoms with van der Waals surface area (Å²) < 4.78 is 21.2. The van der Waals surface area contributed by atoms with E-state index in [4.69, 9.17) is 18.9 Å². The Morgan fingerprint density at radius 2 is 0.966 bits per heavy atom. The largest absolute Gasteiger partial charge is 0.377 e. The first-order valence-electron chi connectivity index (χ1n) is 20.1. The third-order valence-electron chi connectivity index (χ3n) is 8.08. The van der Waals surface area contributed by atoms with Crippen LogP contribution in [-0.4, -0.2) is 173 Å². The van der Waals surface area contributed by atoms with Crippen LogP contribution in [0, 0.1) is 0 Å². The first-order valence-corrected chi connectivity index (χ1v) is 20.1. The van der Waals surface area contributed by atoms with Gasteiger partial charge in [-0.25, -0.2) is 0 Å². The van der Waals surface area contributed by atoms with Gasteiger partial charge in [-0.3, -0.25) is 43.2 Å². The van der Waals surface area contributed by atoms with Crippen molar-refractivity contribution in [3.05, 3.63) is 0 Å². The van der Waals surface area contributed by atoms with Crippen LogP contribution in [-0.2, 0) is 52.5 Å². The van der Waals surface area contributed by atoms with E-state index in [0.717, 1.165) is 0 Å². The molecule has 0 heterocycles. The maximum atomic E-state index is 13.3. The fraction of sp³-hybridized carbons (Fsp3) is 0.750. The topological polar surface area (TPSA) is 287 Å². The summed E-state index contributed by atoms with van der Waals surface area (Å²) in [6.45, 7) is 5.32. The minimum Gasteiger partial charge on any atom is -0.377 e. The molecule has 0 saturated heterocycles. The second-order valence-electron chi connectivity index (χ2n) is 13.6. The quantitative estimate of drug-likeness (QED) is 0.0169. The lowest BCUT2D eigenvalue weighted by molar-refractivity contribution is -0.132. The number of nitrogens with one attached hydrogen (secondary N) is 8. The van der Waals surface area contributed by atoms with Crippen molar-refractivity contribution in [2.24, 2.45) is 0 Å². The Morgan fingerprint density at radius 3 is 1.49 bits per heavy atom. The number of carbonyl (C=O) groups excluding carboxylic acids is 9. The number of amides is 8. The van der Waals surface area contributed by atoms with Gasteiger partial charge < -0.3 is 61.5 Å². The average Bonchev–Trinajstić information content (AvgIpc) is 3.17. The van der Waals surface area contributed by atoms with E-state index in [1.54, 1.807) is 0 Å². The number of rotatable bonds is 38. The van der Waals surface area contributed by atoms with Crippen LogP contribution >= 0.6 is 0 Å². The van der Waals surface area contributed by atoms with Gasteiger partial charge in [0.1, 0.15) is 31.3 Å². The van der Waals surface area contributed by atoms with Crippen LogP contribution < -0.4 is 42.5 Å². The van der Waals surface area contributed by atoms with E-state index in [9.17, 15) is 43.2 Å². The van der Waals surface area contributed by atoms with Gasteiger partial charge in [0, 0.05) is 39.6 Å². The molecule has 21 nitrogen and oxygen atoms in total. The molecule has 0 aliphatic carbocycles. The molecule has 3 atom stereocenters. The number of hydrogen-bond donors (Lipinski definition) is 8. The van der Waals surface area contributed by atoms with Crippen LogP contribution in [0.4, 0.5) is 9.59 Å². The lowest BCUT2D eigenvalue weighted by Gasteiger charge is -2.23. The van der Waals surface area contributed by atoms with E-state index in [2.05, 4.69) is 42.5 Å². The van der Waals surface area contributed by atoms with Gasteiger partial charge in [-0.2, -0.15) is 0 Å². The van der Waals surface area contributed by atoms with Crippen molar-refractivity contribution in [3.8, 4) is 0 Å². The van der Waals surface area contributed by atoms with Gasteiger partial charge in [0.25, 0.3) is 0 Å². The third-order valence-corrected chi connectivity index (χ3v) is 8.08. The molecule has 0 aliphatic rings. The highest BCUT2D eigenvalue weighted by atomic mass is 16.5. The van der Waals surface area contributed by atoms with Crippen molar-refractivity contribution in [3.63, 3.8) is 0 Å². The van der Waals surface area contributed by atoms with E-state index in [1.807, 2.05) is 0 Å². The van der Waals surface area contributed by atoms with E-state index in [1.165, 1.54) is 29.5 Å².